The molecule has 2 fully saturated rings. The molecule has 0 saturated carbocycles. The molecule has 1 radical (unpaired) electrons. The molecule has 2 aliphatic heterocycles. The summed E-state index contributed by atoms with van der Waals surface area (Å²) in [4.78, 5) is 0. The van der Waals surface area contributed by atoms with Crippen LogP contribution >= 0.6 is 15.8 Å². The van der Waals surface area contributed by atoms with Crippen LogP contribution in [0.3, 0.4) is 0 Å². The maximum atomic E-state index is 9.75. The van der Waals surface area contributed by atoms with E-state index in [0.717, 1.165) is 22.6 Å². The van der Waals surface area contributed by atoms with Gasteiger partial charge in [-0.05, 0) is 97.5 Å². The maximum Gasteiger partial charge on any atom is 0.673 e. The van der Waals surface area contributed by atoms with Crippen molar-refractivity contribution in [2.24, 2.45) is 0 Å². The molecule has 0 spiro atoms. The van der Waals surface area contributed by atoms with E-state index in [0.29, 0.717) is 0 Å². The van der Waals surface area contributed by atoms with Gasteiger partial charge in [0, 0.05) is 19.5 Å². The number of hydrogen-bond acceptors (Lipinski definition) is 0. The zero-order chi connectivity index (χ0) is 25.8. The fraction of sp³-hybridized carbons (Fsp3) is 0.643. The minimum Gasteiger partial charge on any atom is -0.418 e. The Hall–Kier alpha value is -0.0317. The predicted octanol–water partition coefficient (Wildman–Crippen LogP) is 9.79. The first-order valence-electron chi connectivity index (χ1n) is 13.5. The Morgan fingerprint density at radius 2 is 0.972 bits per heavy atom. The van der Waals surface area contributed by atoms with E-state index in [4.69, 9.17) is 0 Å². The molecule has 36 heavy (non-hydrogen) atoms. The zero-order valence-electron chi connectivity index (χ0n) is 22.3. The molecule has 4 rings (SSSR count). The third-order valence-corrected chi connectivity index (χ3v) is 14.6. The van der Waals surface area contributed by atoms with Crippen LogP contribution in [0.15, 0.2) is 48.6 Å². The molecule has 0 nitrogen and oxygen atoms in total. The molecule has 6 atom stereocenters. The van der Waals surface area contributed by atoms with Crippen LogP contribution in [0.2, 0.25) is 0 Å². The van der Waals surface area contributed by atoms with Gasteiger partial charge in [-0.3, -0.25) is 0 Å². The number of benzene rings is 1. The average molecular weight is 632 g/mol. The zero-order valence-corrected chi connectivity index (χ0v) is 25.7. The van der Waals surface area contributed by atoms with E-state index < -0.39 is 7.25 Å². The standard InChI is InChI=1S/C20H32P2.C8H12.BF4.Rh/c1-5-17-13-11-15(3)21(17)19-9-7-8-10-20(19)22-16(4)12-14-18(22)6-2;1-2-4-6-8-7-5-3-1;2-1(3,4)5;/h7-10,15-18H,5-6,11-14H2,1-4H3;1-2,7-8H,3-6H2;;/q;;-1;/b;2-1-,8-7-;;/t15-,16-,17+,18+,21?,22?;;;/m1.../s1. The molecule has 0 aromatic heterocycles. The number of hydrogen-bond donors (Lipinski definition) is 0. The summed E-state index contributed by atoms with van der Waals surface area (Å²) >= 11 is 0. The molecule has 2 unspecified atom stereocenters. The molecular formula is C28H44BF4P2Rh-. The maximum absolute atomic E-state index is 9.75. The molecule has 0 amide bonds. The normalized spacial score (nSPS) is 31.4. The van der Waals surface area contributed by atoms with Gasteiger partial charge in [-0.25, -0.2) is 0 Å². The van der Waals surface area contributed by atoms with E-state index in [1.807, 2.05) is 10.6 Å². The summed E-state index contributed by atoms with van der Waals surface area (Å²) in [5.74, 6) is 0. The van der Waals surface area contributed by atoms with Crippen LogP contribution in [0.4, 0.5) is 17.3 Å². The van der Waals surface area contributed by atoms with Gasteiger partial charge < -0.3 is 17.3 Å². The molecule has 0 N–H and O–H groups in total. The predicted molar refractivity (Wildman–Crippen MR) is 152 cm³/mol. The van der Waals surface area contributed by atoms with E-state index in [9.17, 15) is 17.3 Å². The van der Waals surface area contributed by atoms with Gasteiger partial charge >= 0.3 is 7.25 Å². The minimum atomic E-state index is -6.00. The fourth-order valence-electron chi connectivity index (χ4n) is 5.57. The molecule has 8 heteroatoms. The molecule has 207 valence electrons. The van der Waals surface area contributed by atoms with E-state index in [-0.39, 0.29) is 35.3 Å². The van der Waals surface area contributed by atoms with Crippen molar-refractivity contribution in [1.82, 2.24) is 0 Å². The van der Waals surface area contributed by atoms with Crippen molar-refractivity contribution in [3.63, 3.8) is 0 Å². The van der Waals surface area contributed by atoms with Gasteiger partial charge in [0.1, 0.15) is 0 Å². The van der Waals surface area contributed by atoms with Crippen LogP contribution in [0.5, 0.6) is 0 Å². The summed E-state index contributed by atoms with van der Waals surface area (Å²) in [6, 6.07) is 9.67. The van der Waals surface area contributed by atoms with Gasteiger partial charge in [-0.15, -0.1) is 0 Å². The van der Waals surface area contributed by atoms with Crippen molar-refractivity contribution < 1.29 is 36.7 Å². The first-order valence-corrected chi connectivity index (χ1v) is 16.5. The van der Waals surface area contributed by atoms with Gasteiger partial charge in [0.2, 0.25) is 0 Å². The fourth-order valence-corrected chi connectivity index (χ4v) is 13.1. The average Bonchev–Trinajstić information content (AvgIpc) is 3.34. The molecule has 1 aromatic carbocycles. The monoisotopic (exact) mass is 632 g/mol. The smallest absolute Gasteiger partial charge is 0.418 e. The Labute approximate surface area is 232 Å². The Morgan fingerprint density at radius 3 is 1.25 bits per heavy atom. The Bertz CT molecular complexity index is 725. The molecule has 0 bridgehead atoms. The Kier molecular flexibility index (Phi) is 16.6. The van der Waals surface area contributed by atoms with Crippen LogP contribution in [0.1, 0.15) is 91.9 Å². The third-order valence-electron chi connectivity index (χ3n) is 7.29. The molecule has 1 aromatic rings. The van der Waals surface area contributed by atoms with Gasteiger partial charge in [-0.1, -0.05) is 92.1 Å². The molecule has 2 saturated heterocycles. The first-order chi connectivity index (χ1) is 16.7. The first kappa shape index (κ1) is 34.0. The van der Waals surface area contributed by atoms with E-state index in [1.165, 1.54) is 64.2 Å². The van der Waals surface area contributed by atoms with Crippen LogP contribution < -0.4 is 10.6 Å². The summed E-state index contributed by atoms with van der Waals surface area (Å²) in [6.45, 7) is 9.89. The summed E-state index contributed by atoms with van der Waals surface area (Å²) in [6.07, 6.45) is 22.6. The Balaban J connectivity index is 0.000000383. The van der Waals surface area contributed by atoms with E-state index in [1.54, 1.807) is 0 Å². The van der Waals surface area contributed by atoms with Crippen molar-refractivity contribution in [2.45, 2.75) is 115 Å². The molecule has 3 aliphatic rings. The number of allylic oxidation sites excluding steroid dienone is 4. The van der Waals surface area contributed by atoms with Crippen LogP contribution in [-0.4, -0.2) is 29.9 Å². The summed E-state index contributed by atoms with van der Waals surface area (Å²) in [5, 5.41) is 3.63. The van der Waals surface area contributed by atoms with Crippen molar-refractivity contribution in [3.8, 4) is 0 Å². The van der Waals surface area contributed by atoms with E-state index >= 15 is 0 Å². The van der Waals surface area contributed by atoms with Crippen molar-refractivity contribution in [2.75, 3.05) is 0 Å². The van der Waals surface area contributed by atoms with Crippen molar-refractivity contribution in [1.29, 1.82) is 0 Å². The SMILES string of the molecule is C1=C\CC/C=C\CC/1.CC[C@H]1CC[C@@H](C)P1c1ccccc1P1[C@@H](CC)CC[C@H]1C.F[B-](F)(F)F.[Rh]. The topological polar surface area (TPSA) is 0 Å². The summed E-state index contributed by atoms with van der Waals surface area (Å²) in [5.41, 5.74) is 3.85. The van der Waals surface area contributed by atoms with Crippen LogP contribution in [-0.2, 0) is 19.5 Å². The largest absolute Gasteiger partial charge is 0.673 e. The molecular weight excluding hydrogens is 588 g/mol. The van der Waals surface area contributed by atoms with Gasteiger partial charge in [0.15, 0.2) is 0 Å². The van der Waals surface area contributed by atoms with Crippen molar-refractivity contribution >= 4 is 33.7 Å². The second-order valence-corrected chi connectivity index (χ2v) is 15.7. The second kappa shape index (κ2) is 17.5. The van der Waals surface area contributed by atoms with Crippen molar-refractivity contribution in [3.05, 3.63) is 48.6 Å². The molecule has 2 heterocycles. The molecule has 1 aliphatic carbocycles. The van der Waals surface area contributed by atoms with Crippen LogP contribution in [0.25, 0.3) is 0 Å². The summed E-state index contributed by atoms with van der Waals surface area (Å²) in [7, 11) is -5.86. The minimum absolute atomic E-state index is 0. The number of rotatable bonds is 4. The van der Waals surface area contributed by atoms with Gasteiger partial charge in [-0.2, -0.15) is 0 Å². The van der Waals surface area contributed by atoms with Gasteiger partial charge in [0.05, 0.1) is 0 Å². The van der Waals surface area contributed by atoms with Gasteiger partial charge in [0.25, 0.3) is 0 Å². The number of halogens is 4. The summed E-state index contributed by atoms with van der Waals surface area (Å²) < 4.78 is 39.0. The quantitative estimate of drug-likeness (QED) is 0.134. The van der Waals surface area contributed by atoms with Crippen LogP contribution in [0, 0.1) is 0 Å². The Morgan fingerprint density at radius 1 is 0.667 bits per heavy atom. The second-order valence-electron chi connectivity index (χ2n) is 9.87. The van der Waals surface area contributed by atoms with E-state index in [2.05, 4.69) is 76.3 Å². The third kappa shape index (κ3) is 11.4.